The van der Waals surface area contributed by atoms with Crippen LogP contribution in [0.3, 0.4) is 0 Å². The summed E-state index contributed by atoms with van der Waals surface area (Å²) in [5.41, 5.74) is 0.287. The topological polar surface area (TPSA) is 59.4 Å². The normalized spacial score (nSPS) is 15.8. The summed E-state index contributed by atoms with van der Waals surface area (Å²) in [6.45, 7) is 3.71. The van der Waals surface area contributed by atoms with Gasteiger partial charge in [0.15, 0.2) is 0 Å². The van der Waals surface area contributed by atoms with Gasteiger partial charge in [-0.3, -0.25) is 4.79 Å². The first-order valence-corrected chi connectivity index (χ1v) is 11.2. The first-order valence-electron chi connectivity index (χ1n) is 9.67. The molecule has 2 heterocycles. The predicted octanol–water partition coefficient (Wildman–Crippen LogP) is 3.75. The number of anilines is 1. The number of sulfone groups is 1. The zero-order chi connectivity index (χ0) is 20.8. The number of aryl methyl sites for hydroxylation is 1. The molecule has 152 valence electrons. The molecule has 7 heteroatoms. The standard InChI is InChI=1S/C22H23FN2O3S/c1-15-8-10-25(11-9-15)20-13-19-17(12-18(20)23)22(26)21(14-24(19)2)29(27,28)16-6-4-3-5-7-16/h3-7,12-15H,8-11H2,1-2H3. The molecule has 1 aliphatic rings. The molecular weight excluding hydrogens is 391 g/mol. The maximum Gasteiger partial charge on any atom is 0.211 e. The lowest BCUT2D eigenvalue weighted by Gasteiger charge is -2.32. The van der Waals surface area contributed by atoms with Crippen LogP contribution in [-0.4, -0.2) is 26.1 Å². The number of hydrogen-bond acceptors (Lipinski definition) is 4. The first kappa shape index (κ1) is 19.6. The van der Waals surface area contributed by atoms with Crippen LogP contribution in [0.5, 0.6) is 0 Å². The van der Waals surface area contributed by atoms with E-state index in [0.29, 0.717) is 17.1 Å². The van der Waals surface area contributed by atoms with Gasteiger partial charge in [0, 0.05) is 26.3 Å². The van der Waals surface area contributed by atoms with Crippen LogP contribution >= 0.6 is 0 Å². The second kappa shape index (κ2) is 7.30. The number of fused-ring (bicyclic) bond motifs is 1. The lowest BCUT2D eigenvalue weighted by molar-refractivity contribution is 0.434. The average molecular weight is 415 g/mol. The molecule has 5 nitrogen and oxygen atoms in total. The maximum absolute atomic E-state index is 14.9. The Hall–Kier alpha value is -2.67. The maximum atomic E-state index is 14.9. The van der Waals surface area contributed by atoms with Gasteiger partial charge in [-0.05, 0) is 43.0 Å². The minimum Gasteiger partial charge on any atom is -0.369 e. The third-order valence-corrected chi connectivity index (χ3v) is 7.45. The van der Waals surface area contributed by atoms with Crippen molar-refractivity contribution in [2.45, 2.75) is 29.6 Å². The van der Waals surface area contributed by atoms with Crippen LogP contribution < -0.4 is 10.3 Å². The van der Waals surface area contributed by atoms with E-state index in [2.05, 4.69) is 6.92 Å². The van der Waals surface area contributed by atoms with Crippen LogP contribution in [0.2, 0.25) is 0 Å². The van der Waals surface area contributed by atoms with Crippen molar-refractivity contribution >= 4 is 26.4 Å². The molecule has 4 rings (SSSR count). The summed E-state index contributed by atoms with van der Waals surface area (Å²) in [4.78, 5) is 14.7. The van der Waals surface area contributed by atoms with Gasteiger partial charge in [-0.15, -0.1) is 0 Å². The number of benzene rings is 2. The lowest BCUT2D eigenvalue weighted by Crippen LogP contribution is -2.33. The van der Waals surface area contributed by atoms with Crippen molar-refractivity contribution in [1.82, 2.24) is 4.57 Å². The van der Waals surface area contributed by atoms with Crippen molar-refractivity contribution in [2.24, 2.45) is 13.0 Å². The zero-order valence-corrected chi connectivity index (χ0v) is 17.2. The monoisotopic (exact) mass is 414 g/mol. The summed E-state index contributed by atoms with van der Waals surface area (Å²) in [5.74, 6) is 0.114. The van der Waals surface area contributed by atoms with Crippen molar-refractivity contribution in [3.05, 3.63) is 64.7 Å². The Kier molecular flexibility index (Phi) is 4.94. The largest absolute Gasteiger partial charge is 0.369 e. The van der Waals surface area contributed by atoms with Crippen LogP contribution in [0.1, 0.15) is 19.8 Å². The molecule has 1 saturated heterocycles. The van der Waals surface area contributed by atoms with Gasteiger partial charge in [0.25, 0.3) is 0 Å². The van der Waals surface area contributed by atoms with Crippen LogP contribution in [0.4, 0.5) is 10.1 Å². The molecule has 0 radical (unpaired) electrons. The van der Waals surface area contributed by atoms with E-state index >= 15 is 0 Å². The highest BCUT2D eigenvalue weighted by atomic mass is 32.2. The van der Waals surface area contributed by atoms with Gasteiger partial charge in [-0.25, -0.2) is 12.8 Å². The fraction of sp³-hybridized carbons (Fsp3) is 0.318. The zero-order valence-electron chi connectivity index (χ0n) is 16.4. The molecular formula is C22H23FN2O3S. The molecule has 3 aromatic rings. The van der Waals surface area contributed by atoms with Gasteiger partial charge < -0.3 is 9.47 Å². The molecule has 1 fully saturated rings. The number of pyridine rings is 1. The van der Waals surface area contributed by atoms with E-state index in [1.807, 2.05) is 4.90 Å². The summed E-state index contributed by atoms with van der Waals surface area (Å²) in [7, 11) is -2.33. The highest BCUT2D eigenvalue weighted by molar-refractivity contribution is 7.91. The Morgan fingerprint density at radius 1 is 1.07 bits per heavy atom. The molecule has 0 aliphatic carbocycles. The number of rotatable bonds is 3. The van der Waals surface area contributed by atoms with E-state index in [1.165, 1.54) is 24.4 Å². The molecule has 2 aromatic carbocycles. The Labute approximate surface area is 169 Å². The van der Waals surface area contributed by atoms with E-state index in [9.17, 15) is 17.6 Å². The summed E-state index contributed by atoms with van der Waals surface area (Å²) in [5, 5.41) is 0.0659. The third-order valence-electron chi connectivity index (χ3n) is 5.69. The van der Waals surface area contributed by atoms with Gasteiger partial charge in [0.2, 0.25) is 15.3 Å². The highest BCUT2D eigenvalue weighted by Crippen LogP contribution is 2.29. The van der Waals surface area contributed by atoms with Crippen LogP contribution in [0.15, 0.2) is 63.2 Å². The number of nitrogens with zero attached hydrogens (tertiary/aromatic N) is 2. The molecule has 0 saturated carbocycles. The Morgan fingerprint density at radius 2 is 1.72 bits per heavy atom. The highest BCUT2D eigenvalue weighted by Gasteiger charge is 2.25. The van der Waals surface area contributed by atoms with E-state index in [-0.39, 0.29) is 15.2 Å². The molecule has 0 unspecified atom stereocenters. The Morgan fingerprint density at radius 3 is 2.38 bits per heavy atom. The van der Waals surface area contributed by atoms with Crippen molar-refractivity contribution in [3.8, 4) is 0 Å². The van der Waals surface area contributed by atoms with Crippen molar-refractivity contribution in [3.63, 3.8) is 0 Å². The second-order valence-corrected chi connectivity index (χ2v) is 9.66. The lowest BCUT2D eigenvalue weighted by atomic mass is 9.98. The van der Waals surface area contributed by atoms with Crippen molar-refractivity contribution < 1.29 is 12.8 Å². The van der Waals surface area contributed by atoms with Crippen LogP contribution in [0, 0.1) is 11.7 Å². The fourth-order valence-corrected chi connectivity index (χ4v) is 5.29. The molecule has 0 bridgehead atoms. The quantitative estimate of drug-likeness (QED) is 0.655. The molecule has 0 amide bonds. The van der Waals surface area contributed by atoms with E-state index < -0.39 is 21.1 Å². The van der Waals surface area contributed by atoms with Crippen molar-refractivity contribution in [2.75, 3.05) is 18.0 Å². The summed E-state index contributed by atoms with van der Waals surface area (Å²) >= 11 is 0. The van der Waals surface area contributed by atoms with Gasteiger partial charge in [0.05, 0.1) is 21.5 Å². The van der Waals surface area contributed by atoms with Crippen molar-refractivity contribution in [1.29, 1.82) is 0 Å². The summed E-state index contributed by atoms with van der Waals surface area (Å²) in [6, 6.07) is 10.6. The van der Waals surface area contributed by atoms with Crippen LogP contribution in [-0.2, 0) is 16.9 Å². The first-order chi connectivity index (χ1) is 13.8. The molecule has 0 atom stereocenters. The number of halogens is 1. The van der Waals surface area contributed by atoms with Gasteiger partial charge in [0.1, 0.15) is 10.7 Å². The minimum atomic E-state index is -4.00. The fourth-order valence-electron chi connectivity index (χ4n) is 3.87. The summed E-state index contributed by atoms with van der Waals surface area (Å²) < 4.78 is 42.4. The number of aromatic nitrogens is 1. The van der Waals surface area contributed by atoms with Crippen LogP contribution in [0.25, 0.3) is 10.9 Å². The molecule has 29 heavy (non-hydrogen) atoms. The van der Waals surface area contributed by atoms with E-state index in [4.69, 9.17) is 0 Å². The summed E-state index contributed by atoms with van der Waals surface area (Å²) in [6.07, 6.45) is 3.31. The van der Waals surface area contributed by atoms with Gasteiger partial charge in [-0.2, -0.15) is 0 Å². The molecule has 1 aromatic heterocycles. The third kappa shape index (κ3) is 3.44. The molecule has 1 aliphatic heterocycles. The van der Waals surface area contributed by atoms with Gasteiger partial charge in [-0.1, -0.05) is 25.1 Å². The van der Waals surface area contributed by atoms with E-state index in [1.54, 1.807) is 35.9 Å². The van der Waals surface area contributed by atoms with E-state index in [0.717, 1.165) is 25.9 Å². The van der Waals surface area contributed by atoms with Gasteiger partial charge >= 0.3 is 0 Å². The smallest absolute Gasteiger partial charge is 0.211 e. The Bertz CT molecular complexity index is 1230. The average Bonchev–Trinajstić information content (AvgIpc) is 2.71. The number of piperidine rings is 1. The SMILES string of the molecule is CC1CCN(c2cc3c(cc2F)c(=O)c(S(=O)(=O)c2ccccc2)cn3C)CC1. The predicted molar refractivity (Wildman–Crippen MR) is 112 cm³/mol. The second-order valence-electron chi connectivity index (χ2n) is 7.74. The molecule has 0 N–H and O–H groups in total. The molecule has 0 spiro atoms. The minimum absolute atomic E-state index is 0.0379. The number of hydrogen-bond donors (Lipinski definition) is 0. The Balaban J connectivity index is 1.87.